The Morgan fingerprint density at radius 2 is 1.58 bits per heavy atom. The van der Waals surface area contributed by atoms with Crippen LogP contribution in [0, 0.1) is 0 Å². The van der Waals surface area contributed by atoms with Gasteiger partial charge in [-0.2, -0.15) is 0 Å². The predicted octanol–water partition coefficient (Wildman–Crippen LogP) is 7.02. The van der Waals surface area contributed by atoms with Gasteiger partial charge >= 0.3 is 12.1 Å². The highest BCUT2D eigenvalue weighted by Crippen LogP contribution is 2.33. The molecule has 1 aliphatic heterocycles. The topological polar surface area (TPSA) is 84.5 Å². The van der Waals surface area contributed by atoms with Gasteiger partial charge in [0.05, 0.1) is 30.1 Å². The Kier molecular flexibility index (Phi) is 8.91. The summed E-state index contributed by atoms with van der Waals surface area (Å²) in [5, 5.41) is 0. The van der Waals surface area contributed by atoms with Crippen molar-refractivity contribution in [3.63, 3.8) is 0 Å². The van der Waals surface area contributed by atoms with Crippen molar-refractivity contribution >= 4 is 12.1 Å². The molecule has 1 aromatic heterocycles. The fraction of sp³-hybridized carbons (Fsp3) is 0.414. The number of hydrogen-bond donors (Lipinski definition) is 1. The summed E-state index contributed by atoms with van der Waals surface area (Å²) in [7, 11) is 0. The SMILES string of the molecule is CC.CCOC(=O)c1ccc(-c2ccc(-c3cnc([C@@H]4CCCN4C(=O)OC(C)(C)C)[nH]3)cc2)cc1. The van der Waals surface area contributed by atoms with Crippen LogP contribution in [0.3, 0.4) is 0 Å². The number of esters is 1. The third-order valence-corrected chi connectivity index (χ3v) is 5.72. The molecule has 1 atom stereocenters. The molecular formula is C29H37N3O4. The molecule has 0 spiro atoms. The molecule has 0 radical (unpaired) electrons. The van der Waals surface area contributed by atoms with E-state index in [1.807, 2.05) is 77.2 Å². The number of aromatic amines is 1. The quantitative estimate of drug-likeness (QED) is 0.388. The van der Waals surface area contributed by atoms with Crippen LogP contribution in [0.2, 0.25) is 0 Å². The lowest BCUT2D eigenvalue weighted by molar-refractivity contribution is 0.0218. The van der Waals surface area contributed by atoms with Crippen LogP contribution in [0.5, 0.6) is 0 Å². The summed E-state index contributed by atoms with van der Waals surface area (Å²) in [6.45, 7) is 12.4. The van der Waals surface area contributed by atoms with Crippen LogP contribution in [0.4, 0.5) is 4.79 Å². The van der Waals surface area contributed by atoms with Gasteiger partial charge in [0.1, 0.15) is 11.4 Å². The summed E-state index contributed by atoms with van der Waals surface area (Å²) in [6.07, 6.45) is 3.28. The highest BCUT2D eigenvalue weighted by molar-refractivity contribution is 5.90. The third kappa shape index (κ3) is 6.53. The van der Waals surface area contributed by atoms with E-state index in [0.29, 0.717) is 18.7 Å². The first-order valence-corrected chi connectivity index (χ1v) is 12.7. The van der Waals surface area contributed by atoms with Crippen molar-refractivity contribution in [2.75, 3.05) is 13.2 Å². The van der Waals surface area contributed by atoms with Crippen LogP contribution in [-0.2, 0) is 9.47 Å². The smallest absolute Gasteiger partial charge is 0.410 e. The average Bonchev–Trinajstić information content (AvgIpc) is 3.55. The van der Waals surface area contributed by atoms with Gasteiger partial charge in [0.2, 0.25) is 0 Å². The number of benzene rings is 2. The normalized spacial score (nSPS) is 15.2. The number of aromatic nitrogens is 2. The molecule has 0 aliphatic carbocycles. The molecule has 0 bridgehead atoms. The summed E-state index contributed by atoms with van der Waals surface area (Å²) in [4.78, 5) is 34.2. The molecule has 2 heterocycles. The van der Waals surface area contributed by atoms with E-state index in [4.69, 9.17) is 9.47 Å². The lowest BCUT2D eigenvalue weighted by Gasteiger charge is -2.27. The summed E-state index contributed by atoms with van der Waals surface area (Å²) in [5.41, 5.74) is 3.98. The molecule has 4 rings (SSSR count). The number of imidazole rings is 1. The zero-order valence-corrected chi connectivity index (χ0v) is 22.1. The van der Waals surface area contributed by atoms with Crippen LogP contribution >= 0.6 is 0 Å². The average molecular weight is 492 g/mol. The van der Waals surface area contributed by atoms with Crippen molar-refractivity contribution in [1.82, 2.24) is 14.9 Å². The number of rotatable bonds is 5. The van der Waals surface area contributed by atoms with Crippen LogP contribution in [0.25, 0.3) is 22.4 Å². The van der Waals surface area contributed by atoms with Gasteiger partial charge in [-0.05, 0) is 69.4 Å². The van der Waals surface area contributed by atoms with Gasteiger partial charge < -0.3 is 14.5 Å². The molecule has 1 amide bonds. The third-order valence-electron chi connectivity index (χ3n) is 5.72. The van der Waals surface area contributed by atoms with Gasteiger partial charge in [-0.3, -0.25) is 4.90 Å². The fourth-order valence-corrected chi connectivity index (χ4v) is 4.10. The molecule has 2 aromatic carbocycles. The van der Waals surface area contributed by atoms with Gasteiger partial charge in [-0.15, -0.1) is 0 Å². The van der Waals surface area contributed by atoms with Crippen LogP contribution in [-0.4, -0.2) is 45.7 Å². The molecule has 7 nitrogen and oxygen atoms in total. The number of H-pyrrole nitrogens is 1. The largest absolute Gasteiger partial charge is 0.462 e. The molecule has 0 saturated carbocycles. The van der Waals surface area contributed by atoms with Gasteiger partial charge in [0.15, 0.2) is 0 Å². The van der Waals surface area contributed by atoms with E-state index in [-0.39, 0.29) is 18.1 Å². The van der Waals surface area contributed by atoms with E-state index in [1.165, 1.54) is 0 Å². The first-order chi connectivity index (χ1) is 17.2. The van der Waals surface area contributed by atoms with Gasteiger partial charge in [0.25, 0.3) is 0 Å². The Bertz CT molecular complexity index is 1140. The second kappa shape index (κ2) is 11.9. The van der Waals surface area contributed by atoms with Crippen molar-refractivity contribution in [1.29, 1.82) is 0 Å². The molecule has 3 aromatic rings. The number of carbonyl (C=O) groups excluding carboxylic acids is 2. The summed E-state index contributed by atoms with van der Waals surface area (Å²) in [5.74, 6) is 0.462. The molecule has 1 fully saturated rings. The molecule has 7 heteroatoms. The van der Waals surface area contributed by atoms with E-state index in [0.717, 1.165) is 41.1 Å². The van der Waals surface area contributed by atoms with Crippen LogP contribution < -0.4 is 0 Å². The van der Waals surface area contributed by atoms with E-state index in [9.17, 15) is 9.59 Å². The van der Waals surface area contributed by atoms with Crippen molar-refractivity contribution in [3.05, 3.63) is 66.1 Å². The zero-order chi connectivity index (χ0) is 26.3. The second-order valence-corrected chi connectivity index (χ2v) is 9.39. The molecule has 36 heavy (non-hydrogen) atoms. The highest BCUT2D eigenvalue weighted by Gasteiger charge is 2.34. The van der Waals surface area contributed by atoms with E-state index >= 15 is 0 Å². The van der Waals surface area contributed by atoms with Crippen molar-refractivity contribution < 1.29 is 19.1 Å². The Morgan fingerprint density at radius 3 is 2.17 bits per heavy atom. The lowest BCUT2D eigenvalue weighted by Crippen LogP contribution is -2.36. The Morgan fingerprint density at radius 1 is 1.00 bits per heavy atom. The number of likely N-dealkylation sites (tertiary alicyclic amines) is 1. The number of ether oxygens (including phenoxy) is 2. The van der Waals surface area contributed by atoms with Crippen molar-refractivity contribution in [2.24, 2.45) is 0 Å². The number of nitrogens with one attached hydrogen (secondary N) is 1. The monoisotopic (exact) mass is 491 g/mol. The summed E-state index contributed by atoms with van der Waals surface area (Å²) < 4.78 is 10.6. The van der Waals surface area contributed by atoms with E-state index in [1.54, 1.807) is 24.0 Å². The van der Waals surface area contributed by atoms with Gasteiger partial charge in [-0.25, -0.2) is 14.6 Å². The van der Waals surface area contributed by atoms with Crippen LogP contribution in [0.15, 0.2) is 54.7 Å². The second-order valence-electron chi connectivity index (χ2n) is 9.39. The van der Waals surface area contributed by atoms with Gasteiger partial charge in [-0.1, -0.05) is 50.2 Å². The summed E-state index contributed by atoms with van der Waals surface area (Å²) in [6, 6.07) is 15.4. The number of nitrogens with zero attached hydrogens (tertiary/aromatic N) is 2. The summed E-state index contributed by atoms with van der Waals surface area (Å²) >= 11 is 0. The first kappa shape index (κ1) is 27.0. The Labute approximate surface area is 213 Å². The molecule has 192 valence electrons. The minimum atomic E-state index is -0.528. The lowest BCUT2D eigenvalue weighted by atomic mass is 10.0. The minimum absolute atomic E-state index is 0.110. The minimum Gasteiger partial charge on any atom is -0.462 e. The maximum absolute atomic E-state index is 12.6. The Hall–Kier alpha value is -3.61. The molecule has 1 saturated heterocycles. The number of carbonyl (C=O) groups is 2. The molecule has 0 unspecified atom stereocenters. The number of amides is 1. The number of hydrogen-bond acceptors (Lipinski definition) is 5. The maximum Gasteiger partial charge on any atom is 0.410 e. The van der Waals surface area contributed by atoms with E-state index in [2.05, 4.69) is 9.97 Å². The first-order valence-electron chi connectivity index (χ1n) is 12.7. The van der Waals surface area contributed by atoms with E-state index < -0.39 is 5.60 Å². The fourth-order valence-electron chi connectivity index (χ4n) is 4.10. The zero-order valence-electron chi connectivity index (χ0n) is 22.1. The molecule has 1 aliphatic rings. The maximum atomic E-state index is 12.6. The predicted molar refractivity (Wildman–Crippen MR) is 142 cm³/mol. The molecule has 1 N–H and O–H groups in total. The van der Waals surface area contributed by atoms with Gasteiger partial charge in [0, 0.05) is 6.54 Å². The van der Waals surface area contributed by atoms with Crippen LogP contribution in [0.1, 0.15) is 76.6 Å². The standard InChI is InChI=1S/C27H31N3O4.C2H6/c1-5-33-25(31)21-14-10-19(11-15-21)18-8-12-20(13-9-18)22-17-28-24(29-22)23-7-6-16-30(23)26(32)34-27(2,3)4;1-2/h8-15,17,23H,5-7,16H2,1-4H3,(H,28,29);1-2H3/t23-;/m0./s1. The molecular weight excluding hydrogens is 454 g/mol. The van der Waals surface area contributed by atoms with Crippen molar-refractivity contribution in [3.8, 4) is 22.4 Å². The van der Waals surface area contributed by atoms with Crippen molar-refractivity contribution in [2.45, 2.75) is 66.0 Å². The highest BCUT2D eigenvalue weighted by atomic mass is 16.6. The Balaban J connectivity index is 0.00000176.